The molecule has 2 heterocycles. The van der Waals surface area contributed by atoms with Gasteiger partial charge < -0.3 is 9.31 Å². The van der Waals surface area contributed by atoms with Crippen molar-refractivity contribution in [1.82, 2.24) is 4.98 Å². The van der Waals surface area contributed by atoms with Crippen LogP contribution in [0.25, 0.3) is 0 Å². The molecule has 3 nitrogen and oxygen atoms in total. The summed E-state index contributed by atoms with van der Waals surface area (Å²) in [4.78, 5) is 4.20. The standard InChI is InChI=1S/C14H18BNO2/c1-7-11-10(2)16-9-8-12(11)15-17-13(3,4)14(5,6)18-15/h1,8-9H,2-6H3. The van der Waals surface area contributed by atoms with Gasteiger partial charge in [-0.05, 0) is 40.7 Å². The molecule has 1 aromatic heterocycles. The minimum atomic E-state index is -0.428. The van der Waals surface area contributed by atoms with Crippen molar-refractivity contribution in [2.24, 2.45) is 0 Å². The summed E-state index contributed by atoms with van der Waals surface area (Å²) in [6.45, 7) is 9.99. The van der Waals surface area contributed by atoms with Gasteiger partial charge in [-0.2, -0.15) is 0 Å². The molecule has 0 atom stereocenters. The van der Waals surface area contributed by atoms with Crippen molar-refractivity contribution in [3.05, 3.63) is 23.5 Å². The summed E-state index contributed by atoms with van der Waals surface area (Å²) in [7, 11) is -0.428. The number of aryl methyl sites for hydroxylation is 1. The predicted octanol–water partition coefficient (Wildman–Crippen LogP) is 1.67. The number of aromatic nitrogens is 1. The average molecular weight is 243 g/mol. The van der Waals surface area contributed by atoms with Crippen molar-refractivity contribution >= 4 is 12.6 Å². The number of terminal acetylenes is 1. The molecular weight excluding hydrogens is 225 g/mol. The van der Waals surface area contributed by atoms with Crippen LogP contribution in [-0.2, 0) is 9.31 Å². The van der Waals surface area contributed by atoms with Crippen LogP contribution < -0.4 is 5.46 Å². The van der Waals surface area contributed by atoms with Gasteiger partial charge in [-0.3, -0.25) is 4.98 Å². The topological polar surface area (TPSA) is 31.4 Å². The van der Waals surface area contributed by atoms with E-state index in [-0.39, 0.29) is 11.2 Å². The molecule has 0 radical (unpaired) electrons. The zero-order chi connectivity index (χ0) is 13.6. The Morgan fingerprint density at radius 1 is 1.22 bits per heavy atom. The number of rotatable bonds is 1. The zero-order valence-electron chi connectivity index (χ0n) is 11.6. The van der Waals surface area contributed by atoms with Crippen molar-refractivity contribution < 1.29 is 9.31 Å². The lowest BCUT2D eigenvalue weighted by Gasteiger charge is -2.32. The molecule has 4 heteroatoms. The molecule has 94 valence electrons. The van der Waals surface area contributed by atoms with Crippen molar-refractivity contribution in [3.8, 4) is 12.3 Å². The van der Waals surface area contributed by atoms with Crippen LogP contribution in [0.5, 0.6) is 0 Å². The summed E-state index contributed by atoms with van der Waals surface area (Å²) in [6.07, 6.45) is 7.29. The maximum atomic E-state index is 6.00. The van der Waals surface area contributed by atoms with Crippen molar-refractivity contribution in [2.75, 3.05) is 0 Å². The third-order valence-corrected chi connectivity index (χ3v) is 3.82. The molecule has 2 rings (SSSR count). The van der Waals surface area contributed by atoms with Gasteiger partial charge in [0.05, 0.1) is 16.9 Å². The summed E-state index contributed by atoms with van der Waals surface area (Å²) < 4.78 is 12.0. The molecule has 1 fully saturated rings. The van der Waals surface area contributed by atoms with E-state index in [1.165, 1.54) is 0 Å². The third kappa shape index (κ3) is 1.94. The maximum Gasteiger partial charge on any atom is 0.496 e. The molecular formula is C14H18BNO2. The fourth-order valence-electron chi connectivity index (χ4n) is 1.94. The first-order valence-corrected chi connectivity index (χ1v) is 6.06. The molecule has 1 saturated heterocycles. The Labute approximate surface area is 109 Å². The van der Waals surface area contributed by atoms with Crippen LogP contribution in [0, 0.1) is 19.3 Å². The minimum Gasteiger partial charge on any atom is -0.399 e. The highest BCUT2D eigenvalue weighted by molar-refractivity contribution is 6.62. The van der Waals surface area contributed by atoms with E-state index in [1.54, 1.807) is 6.20 Å². The molecule has 1 aromatic rings. The predicted molar refractivity (Wildman–Crippen MR) is 72.6 cm³/mol. The maximum absolute atomic E-state index is 6.00. The Kier molecular flexibility index (Phi) is 3.00. The van der Waals surface area contributed by atoms with Crippen LogP contribution in [0.1, 0.15) is 39.0 Å². The molecule has 0 amide bonds. The van der Waals surface area contributed by atoms with Gasteiger partial charge in [0.25, 0.3) is 0 Å². The Balaban J connectivity index is 2.42. The van der Waals surface area contributed by atoms with E-state index in [4.69, 9.17) is 15.7 Å². The van der Waals surface area contributed by atoms with Gasteiger partial charge in [-0.25, -0.2) is 0 Å². The first-order chi connectivity index (χ1) is 8.28. The van der Waals surface area contributed by atoms with Gasteiger partial charge in [-0.1, -0.05) is 5.92 Å². The number of hydrogen-bond acceptors (Lipinski definition) is 3. The summed E-state index contributed by atoms with van der Waals surface area (Å²) in [5.41, 5.74) is 1.74. The van der Waals surface area contributed by atoms with E-state index in [2.05, 4.69) is 10.9 Å². The molecule has 0 bridgehead atoms. The molecule has 0 saturated carbocycles. The van der Waals surface area contributed by atoms with Gasteiger partial charge in [0.15, 0.2) is 0 Å². The average Bonchev–Trinajstić information content (AvgIpc) is 2.47. The lowest BCUT2D eigenvalue weighted by Crippen LogP contribution is -2.41. The fraction of sp³-hybridized carbons (Fsp3) is 0.500. The Morgan fingerprint density at radius 2 is 1.78 bits per heavy atom. The molecule has 0 spiro atoms. The van der Waals surface area contributed by atoms with Crippen LogP contribution in [0.2, 0.25) is 0 Å². The second-order valence-electron chi connectivity index (χ2n) is 5.59. The highest BCUT2D eigenvalue weighted by Gasteiger charge is 2.52. The van der Waals surface area contributed by atoms with Crippen LogP contribution >= 0.6 is 0 Å². The summed E-state index contributed by atoms with van der Waals surface area (Å²) in [5, 5.41) is 0. The van der Waals surface area contributed by atoms with Crippen LogP contribution in [-0.4, -0.2) is 23.3 Å². The van der Waals surface area contributed by atoms with Gasteiger partial charge in [0.2, 0.25) is 0 Å². The van der Waals surface area contributed by atoms with Crippen LogP contribution in [0.15, 0.2) is 12.3 Å². The number of nitrogens with zero attached hydrogens (tertiary/aromatic N) is 1. The molecule has 0 aromatic carbocycles. The van der Waals surface area contributed by atoms with E-state index < -0.39 is 7.12 Å². The lowest BCUT2D eigenvalue weighted by atomic mass is 9.76. The first kappa shape index (κ1) is 13.1. The Morgan fingerprint density at radius 3 is 2.28 bits per heavy atom. The molecule has 0 N–H and O–H groups in total. The molecule has 18 heavy (non-hydrogen) atoms. The zero-order valence-corrected chi connectivity index (χ0v) is 11.6. The van der Waals surface area contributed by atoms with Crippen molar-refractivity contribution in [3.63, 3.8) is 0 Å². The number of hydrogen-bond donors (Lipinski definition) is 0. The lowest BCUT2D eigenvalue weighted by molar-refractivity contribution is 0.00578. The highest BCUT2D eigenvalue weighted by Crippen LogP contribution is 2.36. The number of pyridine rings is 1. The second-order valence-corrected chi connectivity index (χ2v) is 5.59. The van der Waals surface area contributed by atoms with Crippen LogP contribution in [0.3, 0.4) is 0 Å². The molecule has 1 aliphatic rings. The molecule has 1 aliphatic heterocycles. The fourth-order valence-corrected chi connectivity index (χ4v) is 1.94. The third-order valence-electron chi connectivity index (χ3n) is 3.82. The van der Waals surface area contributed by atoms with E-state index in [0.717, 1.165) is 16.7 Å². The monoisotopic (exact) mass is 243 g/mol. The van der Waals surface area contributed by atoms with Gasteiger partial charge in [0, 0.05) is 17.2 Å². The highest BCUT2D eigenvalue weighted by atomic mass is 16.7. The largest absolute Gasteiger partial charge is 0.496 e. The summed E-state index contributed by atoms with van der Waals surface area (Å²) in [6, 6.07) is 1.87. The van der Waals surface area contributed by atoms with E-state index >= 15 is 0 Å². The van der Waals surface area contributed by atoms with Gasteiger partial charge in [0.1, 0.15) is 0 Å². The van der Waals surface area contributed by atoms with E-state index in [0.29, 0.717) is 0 Å². The second kappa shape index (κ2) is 4.12. The summed E-state index contributed by atoms with van der Waals surface area (Å²) >= 11 is 0. The van der Waals surface area contributed by atoms with Crippen molar-refractivity contribution in [2.45, 2.75) is 45.8 Å². The summed E-state index contributed by atoms with van der Waals surface area (Å²) in [5.74, 6) is 2.67. The smallest absolute Gasteiger partial charge is 0.399 e. The first-order valence-electron chi connectivity index (χ1n) is 6.06. The SMILES string of the molecule is C#Cc1c(B2OC(C)(C)C(C)(C)O2)ccnc1C. The van der Waals surface area contributed by atoms with Gasteiger partial charge >= 0.3 is 7.12 Å². The van der Waals surface area contributed by atoms with E-state index in [9.17, 15) is 0 Å². The molecule has 0 aliphatic carbocycles. The van der Waals surface area contributed by atoms with Crippen molar-refractivity contribution in [1.29, 1.82) is 0 Å². The molecule has 0 unspecified atom stereocenters. The Hall–Kier alpha value is -1.31. The Bertz CT molecular complexity index is 501. The quantitative estimate of drug-likeness (QED) is 0.555. The normalized spacial score (nSPS) is 20.8. The van der Waals surface area contributed by atoms with Gasteiger partial charge in [-0.15, -0.1) is 6.42 Å². The van der Waals surface area contributed by atoms with Crippen LogP contribution in [0.4, 0.5) is 0 Å². The van der Waals surface area contributed by atoms with E-state index in [1.807, 2.05) is 40.7 Å². The minimum absolute atomic E-state index is 0.360.